The maximum Gasteiger partial charge on any atom is 0.244 e. The Balaban J connectivity index is 1.46. The predicted octanol–water partition coefficient (Wildman–Crippen LogP) is 4.35. The maximum absolute atomic E-state index is 14.5. The zero-order chi connectivity index (χ0) is 29.8. The van der Waals surface area contributed by atoms with Gasteiger partial charge in [0.15, 0.2) is 5.78 Å². The summed E-state index contributed by atoms with van der Waals surface area (Å²) in [6.07, 6.45) is 10.2. The van der Waals surface area contributed by atoms with Crippen LogP contribution in [0.2, 0.25) is 5.02 Å². The monoisotopic (exact) mass is 608 g/mol. The van der Waals surface area contributed by atoms with Crippen LogP contribution >= 0.6 is 11.6 Å². The van der Waals surface area contributed by atoms with Crippen molar-refractivity contribution in [3.8, 4) is 5.69 Å². The van der Waals surface area contributed by atoms with E-state index < -0.39 is 21.1 Å². The number of halogens is 2. The lowest BCUT2D eigenvalue weighted by Gasteiger charge is -2.48. The van der Waals surface area contributed by atoms with Crippen LogP contribution in [0.25, 0.3) is 11.8 Å². The van der Waals surface area contributed by atoms with Crippen LogP contribution in [-0.2, 0) is 23.2 Å². The van der Waals surface area contributed by atoms with Gasteiger partial charge >= 0.3 is 0 Å². The van der Waals surface area contributed by atoms with Gasteiger partial charge < -0.3 is 0 Å². The van der Waals surface area contributed by atoms with Gasteiger partial charge in [-0.05, 0) is 81.3 Å². The first-order chi connectivity index (χ1) is 20.0. The van der Waals surface area contributed by atoms with Crippen molar-refractivity contribution in [2.45, 2.75) is 56.8 Å². The van der Waals surface area contributed by atoms with Gasteiger partial charge in [0.05, 0.1) is 38.9 Å². The van der Waals surface area contributed by atoms with Crippen LogP contribution in [0.15, 0.2) is 59.9 Å². The molecule has 0 aromatic carbocycles. The molecule has 13 heteroatoms. The molecule has 3 atom stereocenters. The summed E-state index contributed by atoms with van der Waals surface area (Å²) < 4.78 is 32.9. The van der Waals surface area contributed by atoms with Gasteiger partial charge in [-0.3, -0.25) is 14.5 Å². The van der Waals surface area contributed by atoms with E-state index in [2.05, 4.69) is 31.0 Å². The molecule has 0 aliphatic heterocycles. The second kappa shape index (κ2) is 10.5. The third kappa shape index (κ3) is 4.77. The van der Waals surface area contributed by atoms with Gasteiger partial charge in [0, 0.05) is 30.4 Å². The molecule has 0 bridgehead atoms. The van der Waals surface area contributed by atoms with Crippen molar-refractivity contribution in [3.63, 3.8) is 0 Å². The van der Waals surface area contributed by atoms with Crippen molar-refractivity contribution in [3.05, 3.63) is 82.7 Å². The van der Waals surface area contributed by atoms with Crippen LogP contribution in [-0.4, -0.2) is 66.8 Å². The van der Waals surface area contributed by atoms with Gasteiger partial charge in [0.1, 0.15) is 12.0 Å². The summed E-state index contributed by atoms with van der Waals surface area (Å²) in [6.45, 7) is 3.93. The van der Waals surface area contributed by atoms with Crippen LogP contribution in [0.5, 0.6) is 0 Å². The Kier molecular flexibility index (Phi) is 7.11. The highest BCUT2D eigenvalue weighted by atomic mass is 35.5. The van der Waals surface area contributed by atoms with Gasteiger partial charge in [-0.25, -0.2) is 23.2 Å². The van der Waals surface area contributed by atoms with E-state index in [1.807, 2.05) is 24.2 Å². The minimum Gasteiger partial charge on any atom is -0.291 e. The number of hydrogen-bond donors (Lipinski definition) is 0. The van der Waals surface area contributed by atoms with Crippen LogP contribution in [0.1, 0.15) is 54.9 Å². The minimum atomic E-state index is -3.07. The SMILES string of the molecule is C=S(=O)(c1ncn(C)n1)N(C(C)C)[C@H]1CCC2=Cc3c(cnn3-c3ccc(F)nc3)C[C@]2(C(=O)c2cc(Cl)ccn2)C1. The van der Waals surface area contributed by atoms with Crippen molar-refractivity contribution in [2.75, 3.05) is 0 Å². The summed E-state index contributed by atoms with van der Waals surface area (Å²) in [6, 6.07) is 5.69. The fraction of sp³-hybridized carbons (Fsp3) is 0.345. The number of aryl methyl sites for hydroxylation is 1. The van der Waals surface area contributed by atoms with Gasteiger partial charge in [0.25, 0.3) is 0 Å². The van der Waals surface area contributed by atoms with Crippen LogP contribution in [0.4, 0.5) is 4.39 Å². The Morgan fingerprint density at radius 1 is 1.24 bits per heavy atom. The lowest BCUT2D eigenvalue weighted by molar-refractivity contribution is 0.0726. The summed E-state index contributed by atoms with van der Waals surface area (Å²) >= 11 is 6.29. The summed E-state index contributed by atoms with van der Waals surface area (Å²) in [7, 11) is -1.35. The molecule has 2 aliphatic rings. The zero-order valence-corrected chi connectivity index (χ0v) is 25.0. The quantitative estimate of drug-likeness (QED) is 0.174. The Labute approximate surface area is 248 Å². The Hall–Kier alpha value is -3.74. The number of carbonyl (C=O) groups is 1. The molecule has 2 aliphatic carbocycles. The molecule has 4 aromatic rings. The molecular weight excluding hydrogens is 579 g/mol. The van der Waals surface area contributed by atoms with Gasteiger partial charge in [-0.15, -0.1) is 5.10 Å². The molecule has 1 saturated carbocycles. The normalized spacial score (nSPS) is 21.5. The van der Waals surface area contributed by atoms with Crippen molar-refractivity contribution in [1.82, 2.24) is 38.8 Å². The molecule has 10 nitrogen and oxygen atoms in total. The third-order valence-electron chi connectivity index (χ3n) is 8.05. The highest BCUT2D eigenvalue weighted by Gasteiger charge is 2.51. The van der Waals surface area contributed by atoms with Crippen LogP contribution < -0.4 is 0 Å². The van der Waals surface area contributed by atoms with E-state index in [-0.39, 0.29) is 28.7 Å². The Bertz CT molecular complexity index is 1810. The maximum atomic E-state index is 14.5. The second-order valence-electron chi connectivity index (χ2n) is 11.1. The molecule has 0 amide bonds. The summed E-state index contributed by atoms with van der Waals surface area (Å²) in [5.41, 5.74) is 2.51. The van der Waals surface area contributed by atoms with E-state index in [0.29, 0.717) is 36.4 Å². The molecule has 4 aromatic heterocycles. The number of fused-ring (bicyclic) bond motifs is 2. The minimum absolute atomic E-state index is 0.155. The Morgan fingerprint density at radius 2 is 2.05 bits per heavy atom. The summed E-state index contributed by atoms with van der Waals surface area (Å²) in [4.78, 5) is 27.0. The van der Waals surface area contributed by atoms with E-state index >= 15 is 0 Å². The molecule has 6 rings (SSSR count). The van der Waals surface area contributed by atoms with Crippen molar-refractivity contribution in [1.29, 1.82) is 0 Å². The number of aromatic nitrogens is 7. The molecule has 0 radical (unpaired) electrons. The molecule has 218 valence electrons. The molecule has 42 heavy (non-hydrogen) atoms. The number of rotatable bonds is 7. The van der Waals surface area contributed by atoms with Crippen LogP contribution in [0.3, 0.4) is 0 Å². The molecule has 0 N–H and O–H groups in total. The van der Waals surface area contributed by atoms with Crippen molar-refractivity contribution in [2.24, 2.45) is 12.5 Å². The number of ketones is 1. The van der Waals surface area contributed by atoms with Gasteiger partial charge in [0.2, 0.25) is 11.1 Å². The molecule has 1 unspecified atom stereocenters. The van der Waals surface area contributed by atoms with E-state index in [4.69, 9.17) is 11.6 Å². The summed E-state index contributed by atoms with van der Waals surface area (Å²) in [5.74, 6) is 3.38. The first-order valence-corrected chi connectivity index (χ1v) is 15.6. The zero-order valence-electron chi connectivity index (χ0n) is 23.4. The smallest absolute Gasteiger partial charge is 0.244 e. The third-order valence-corrected chi connectivity index (χ3v) is 10.4. The second-order valence-corrected chi connectivity index (χ2v) is 13.6. The summed E-state index contributed by atoms with van der Waals surface area (Å²) in [5, 5.41) is 9.48. The number of carbonyl (C=O) groups excluding carboxylic acids is 1. The lowest BCUT2D eigenvalue weighted by atomic mass is 9.60. The average Bonchev–Trinajstić information content (AvgIpc) is 3.57. The lowest BCUT2D eigenvalue weighted by Crippen LogP contribution is -2.52. The van der Waals surface area contributed by atoms with Gasteiger partial charge in [-0.1, -0.05) is 17.2 Å². The first-order valence-electron chi connectivity index (χ1n) is 13.6. The molecule has 1 fully saturated rings. The molecule has 0 saturated heterocycles. The van der Waals surface area contributed by atoms with E-state index in [0.717, 1.165) is 16.8 Å². The average molecular weight is 609 g/mol. The van der Waals surface area contributed by atoms with Crippen LogP contribution in [0, 0.1) is 11.4 Å². The number of Topliss-reactive ketones (excluding diaryl/α,β-unsaturated/α-hetero) is 1. The van der Waals surface area contributed by atoms with Gasteiger partial charge in [-0.2, -0.15) is 9.49 Å². The van der Waals surface area contributed by atoms with E-state index in [9.17, 15) is 13.4 Å². The topological polar surface area (TPSA) is 112 Å². The fourth-order valence-electron chi connectivity index (χ4n) is 6.34. The van der Waals surface area contributed by atoms with Crippen molar-refractivity contribution >= 4 is 39.0 Å². The molecule has 4 heterocycles. The fourth-order valence-corrected chi connectivity index (χ4v) is 8.50. The van der Waals surface area contributed by atoms with E-state index in [1.165, 1.54) is 29.5 Å². The largest absolute Gasteiger partial charge is 0.291 e. The number of nitrogens with zero attached hydrogens (tertiary/aromatic N) is 8. The Morgan fingerprint density at radius 3 is 2.71 bits per heavy atom. The highest BCUT2D eigenvalue weighted by molar-refractivity contribution is 7.98. The number of pyridine rings is 2. The van der Waals surface area contributed by atoms with Crippen molar-refractivity contribution < 1.29 is 13.4 Å². The highest BCUT2D eigenvalue weighted by Crippen LogP contribution is 2.51. The first kappa shape index (κ1) is 28.4. The standard InChI is InChI=1S/C29H30ClFN8O2S/c1-18(2)39(42(4,41)28-34-17-37(3)36-28)22-6-5-20-11-25-19(15-35-38(25)23-7-8-26(31)33-16-23)13-29(20,14-22)27(40)24-12-21(30)9-10-32-24/h7-12,15-18,22H,4-6,13-14H2,1-3H3/t22-,29-,42?/m0/s1. The molecular formula is C29H30ClFN8O2S. The number of allylic oxidation sites excluding steroid dienone is 1. The van der Waals surface area contributed by atoms with E-state index in [1.54, 1.807) is 36.1 Å². The predicted molar refractivity (Wildman–Crippen MR) is 158 cm³/mol. The molecule has 0 spiro atoms. The number of hydrogen-bond acceptors (Lipinski definition) is 7.